The van der Waals surface area contributed by atoms with E-state index in [4.69, 9.17) is 5.73 Å². The first-order valence-corrected chi connectivity index (χ1v) is 5.92. The number of hydrogen-bond acceptors (Lipinski definition) is 2. The van der Waals surface area contributed by atoms with Crippen molar-refractivity contribution >= 4 is 17.4 Å². The van der Waals surface area contributed by atoms with Gasteiger partial charge in [0.1, 0.15) is 0 Å². The number of thioether (sulfide) groups is 1. The summed E-state index contributed by atoms with van der Waals surface area (Å²) >= 11 is -0.0800. The molecule has 1 aromatic rings. The van der Waals surface area contributed by atoms with Gasteiger partial charge >= 0.3 is 5.51 Å². The van der Waals surface area contributed by atoms with Gasteiger partial charge in [-0.1, -0.05) is 6.42 Å². The van der Waals surface area contributed by atoms with E-state index in [1.165, 1.54) is 6.07 Å². The second-order valence-corrected chi connectivity index (χ2v) is 5.10. The molecule has 0 amide bonds. The lowest BCUT2D eigenvalue weighted by Gasteiger charge is -2.27. The molecule has 0 heterocycles. The standard InChI is InChI=1S/C11H12F3NS/c12-11(13,14)16-8-4-5-10(15)9(6-8)7-2-1-3-7/h4-7H,1-3,15H2. The van der Waals surface area contributed by atoms with E-state index in [1.807, 2.05) is 0 Å². The lowest BCUT2D eigenvalue weighted by atomic mass is 9.79. The number of benzene rings is 1. The fourth-order valence-electron chi connectivity index (χ4n) is 1.82. The van der Waals surface area contributed by atoms with Crippen LogP contribution < -0.4 is 5.73 Å². The second-order valence-electron chi connectivity index (χ2n) is 3.97. The molecular formula is C11H12F3NS. The number of alkyl halides is 3. The summed E-state index contributed by atoms with van der Waals surface area (Å²) in [4.78, 5) is 0.226. The number of halogens is 3. The molecular weight excluding hydrogens is 235 g/mol. The lowest BCUT2D eigenvalue weighted by Crippen LogP contribution is -2.11. The number of nitrogen functional groups attached to an aromatic ring is 1. The fourth-order valence-corrected chi connectivity index (χ4v) is 2.41. The maximum atomic E-state index is 12.2. The van der Waals surface area contributed by atoms with Gasteiger partial charge in [-0.25, -0.2) is 0 Å². The van der Waals surface area contributed by atoms with Crippen molar-refractivity contribution in [3.8, 4) is 0 Å². The first-order chi connectivity index (χ1) is 7.46. The molecule has 5 heteroatoms. The van der Waals surface area contributed by atoms with Crippen molar-refractivity contribution in [2.45, 2.75) is 35.6 Å². The first-order valence-electron chi connectivity index (χ1n) is 5.11. The van der Waals surface area contributed by atoms with Crippen LogP contribution in [0.1, 0.15) is 30.7 Å². The minimum absolute atomic E-state index is 0.0800. The molecule has 1 aliphatic rings. The van der Waals surface area contributed by atoms with Crippen molar-refractivity contribution in [3.05, 3.63) is 23.8 Å². The van der Waals surface area contributed by atoms with E-state index in [0.29, 0.717) is 11.6 Å². The Balaban J connectivity index is 2.21. The number of hydrogen-bond donors (Lipinski definition) is 1. The van der Waals surface area contributed by atoms with E-state index >= 15 is 0 Å². The Kier molecular flexibility index (Phi) is 3.06. The van der Waals surface area contributed by atoms with Crippen LogP contribution in [0.5, 0.6) is 0 Å². The van der Waals surface area contributed by atoms with E-state index in [0.717, 1.165) is 24.8 Å². The Morgan fingerprint density at radius 2 is 1.94 bits per heavy atom. The van der Waals surface area contributed by atoms with Crippen LogP contribution in [0.3, 0.4) is 0 Å². The number of nitrogens with two attached hydrogens (primary N) is 1. The molecule has 1 aliphatic carbocycles. The summed E-state index contributed by atoms with van der Waals surface area (Å²) in [5.41, 5.74) is 3.03. The zero-order chi connectivity index (χ0) is 11.8. The molecule has 1 nitrogen and oxygen atoms in total. The van der Waals surface area contributed by atoms with Crippen LogP contribution in [0.15, 0.2) is 23.1 Å². The molecule has 0 saturated heterocycles. The van der Waals surface area contributed by atoms with Crippen molar-refractivity contribution < 1.29 is 13.2 Å². The van der Waals surface area contributed by atoms with E-state index in [1.54, 1.807) is 12.1 Å². The molecule has 0 unspecified atom stereocenters. The van der Waals surface area contributed by atoms with Gasteiger partial charge in [0.05, 0.1) is 0 Å². The normalized spacial score (nSPS) is 17.2. The Hall–Kier alpha value is -0.840. The molecule has 16 heavy (non-hydrogen) atoms. The van der Waals surface area contributed by atoms with Crippen molar-refractivity contribution in [2.24, 2.45) is 0 Å². The molecule has 0 spiro atoms. The van der Waals surface area contributed by atoms with Gasteiger partial charge < -0.3 is 5.73 Å². The summed E-state index contributed by atoms with van der Waals surface area (Å²) in [6.45, 7) is 0. The van der Waals surface area contributed by atoms with E-state index in [-0.39, 0.29) is 16.7 Å². The van der Waals surface area contributed by atoms with Gasteiger partial charge in [-0.2, -0.15) is 13.2 Å². The zero-order valence-electron chi connectivity index (χ0n) is 8.55. The van der Waals surface area contributed by atoms with Crippen LogP contribution in [0.25, 0.3) is 0 Å². The summed E-state index contributed by atoms with van der Waals surface area (Å²) < 4.78 is 36.6. The van der Waals surface area contributed by atoms with Gasteiger partial charge in [0.15, 0.2) is 0 Å². The summed E-state index contributed by atoms with van der Waals surface area (Å²) in [7, 11) is 0. The van der Waals surface area contributed by atoms with Crippen molar-refractivity contribution in [1.82, 2.24) is 0 Å². The predicted molar refractivity (Wildman–Crippen MR) is 59.4 cm³/mol. The Labute approximate surface area is 96.2 Å². The SMILES string of the molecule is Nc1ccc(SC(F)(F)F)cc1C1CCC1. The third kappa shape index (κ3) is 2.64. The highest BCUT2D eigenvalue weighted by Gasteiger charge is 2.30. The quantitative estimate of drug-likeness (QED) is 0.627. The van der Waals surface area contributed by atoms with Gasteiger partial charge in [-0.05, 0) is 54.3 Å². The van der Waals surface area contributed by atoms with Gasteiger partial charge in [0.2, 0.25) is 0 Å². The van der Waals surface area contributed by atoms with Crippen molar-refractivity contribution in [2.75, 3.05) is 5.73 Å². The van der Waals surface area contributed by atoms with Crippen LogP contribution in [-0.2, 0) is 0 Å². The predicted octanol–water partition coefficient (Wildman–Crippen LogP) is 4.15. The van der Waals surface area contributed by atoms with Gasteiger partial charge in [-0.15, -0.1) is 0 Å². The highest BCUT2D eigenvalue weighted by atomic mass is 32.2. The minimum atomic E-state index is -4.23. The number of anilines is 1. The van der Waals surface area contributed by atoms with Gasteiger partial charge in [-0.3, -0.25) is 0 Å². The molecule has 1 saturated carbocycles. The zero-order valence-corrected chi connectivity index (χ0v) is 9.37. The monoisotopic (exact) mass is 247 g/mol. The summed E-state index contributed by atoms with van der Waals surface area (Å²) in [6.07, 6.45) is 3.20. The summed E-state index contributed by atoms with van der Waals surface area (Å²) in [5.74, 6) is 0.355. The second kappa shape index (κ2) is 4.20. The van der Waals surface area contributed by atoms with Crippen molar-refractivity contribution in [1.29, 1.82) is 0 Å². The smallest absolute Gasteiger partial charge is 0.398 e. The van der Waals surface area contributed by atoms with E-state index in [2.05, 4.69) is 0 Å². The van der Waals surface area contributed by atoms with Crippen LogP contribution in [-0.4, -0.2) is 5.51 Å². The highest BCUT2D eigenvalue weighted by molar-refractivity contribution is 8.00. The molecule has 0 atom stereocenters. The Morgan fingerprint density at radius 1 is 1.25 bits per heavy atom. The maximum absolute atomic E-state index is 12.2. The summed E-state index contributed by atoms with van der Waals surface area (Å²) in [6, 6.07) is 4.58. The van der Waals surface area contributed by atoms with Gasteiger partial charge in [0.25, 0.3) is 0 Å². The molecule has 0 aromatic heterocycles. The van der Waals surface area contributed by atoms with Gasteiger partial charge in [0, 0.05) is 10.6 Å². The lowest BCUT2D eigenvalue weighted by molar-refractivity contribution is -0.0328. The minimum Gasteiger partial charge on any atom is -0.398 e. The van der Waals surface area contributed by atoms with Crippen LogP contribution in [0, 0.1) is 0 Å². The van der Waals surface area contributed by atoms with Crippen LogP contribution in [0.4, 0.5) is 18.9 Å². The largest absolute Gasteiger partial charge is 0.446 e. The third-order valence-electron chi connectivity index (χ3n) is 2.84. The molecule has 2 rings (SSSR count). The Bertz CT molecular complexity index is 385. The molecule has 0 aliphatic heterocycles. The third-order valence-corrected chi connectivity index (χ3v) is 3.56. The van der Waals surface area contributed by atoms with Crippen LogP contribution >= 0.6 is 11.8 Å². The number of rotatable bonds is 2. The van der Waals surface area contributed by atoms with Crippen molar-refractivity contribution in [3.63, 3.8) is 0 Å². The molecule has 0 radical (unpaired) electrons. The molecule has 1 aromatic carbocycles. The Morgan fingerprint density at radius 3 is 2.44 bits per heavy atom. The van der Waals surface area contributed by atoms with E-state index in [9.17, 15) is 13.2 Å². The topological polar surface area (TPSA) is 26.0 Å². The highest BCUT2D eigenvalue weighted by Crippen LogP contribution is 2.43. The first kappa shape index (κ1) is 11.6. The van der Waals surface area contributed by atoms with Crippen LogP contribution in [0.2, 0.25) is 0 Å². The maximum Gasteiger partial charge on any atom is 0.446 e. The average Bonchev–Trinajstić information content (AvgIpc) is 2.05. The molecule has 0 bridgehead atoms. The molecule has 2 N–H and O–H groups in total. The average molecular weight is 247 g/mol. The fraction of sp³-hybridized carbons (Fsp3) is 0.455. The van der Waals surface area contributed by atoms with E-state index < -0.39 is 5.51 Å². The molecule has 1 fully saturated rings. The summed E-state index contributed by atoms with van der Waals surface area (Å²) in [5, 5.41) is 0. The molecule has 88 valence electrons.